The Balaban J connectivity index is -0.000000125. The third kappa shape index (κ3) is 4.91. The van der Waals surface area contributed by atoms with Gasteiger partial charge in [0, 0.05) is 0 Å². The second kappa shape index (κ2) is 7.44. The molecule has 0 amide bonds. The maximum atomic E-state index is 10.6. The molecule has 0 radical (unpaired) electrons. The summed E-state index contributed by atoms with van der Waals surface area (Å²) < 4.78 is 0. The molecule has 1 heterocycles. The van der Waals surface area contributed by atoms with E-state index >= 15 is 0 Å². The molecule has 1 aromatic heterocycles. The quantitative estimate of drug-likeness (QED) is 0.273. The third-order valence-electron chi connectivity index (χ3n) is 0.900. The Kier molecular flexibility index (Phi) is 9.60. The van der Waals surface area contributed by atoms with Crippen molar-refractivity contribution in [3.63, 3.8) is 0 Å². The zero-order chi connectivity index (χ0) is 7.56. The predicted molar refractivity (Wildman–Crippen MR) is 40.5 cm³/mol. The second-order valence-corrected chi connectivity index (χ2v) is 2.41. The summed E-state index contributed by atoms with van der Waals surface area (Å²) in [5.41, 5.74) is -0.336. The van der Waals surface area contributed by atoms with E-state index in [0.717, 1.165) is 6.07 Å². The molecule has 0 atom stereocenters. The molecule has 2 N–H and O–H groups in total. The smallest absolute Gasteiger partial charge is 1.00 e. The molecule has 0 aliphatic heterocycles. The minimum absolute atomic E-state index is 0. The summed E-state index contributed by atoms with van der Waals surface area (Å²) in [5, 5.41) is 9.20. The van der Waals surface area contributed by atoms with Crippen LogP contribution in [0.4, 0.5) is 0 Å². The molecule has 0 saturated heterocycles. The maximum Gasteiger partial charge on any atom is 1.00 e. The van der Waals surface area contributed by atoms with Crippen molar-refractivity contribution in [2.45, 2.75) is 5.16 Å². The number of thioether (sulfide) groups is 1. The summed E-state index contributed by atoms with van der Waals surface area (Å²) in [6.07, 6.45) is 1.76. The van der Waals surface area contributed by atoms with Crippen LogP contribution in [0.15, 0.2) is 16.0 Å². The predicted octanol–water partition coefficient (Wildman–Crippen LogP) is -5.57. The molecule has 1 aromatic rings. The van der Waals surface area contributed by atoms with Crippen molar-refractivity contribution in [3.05, 3.63) is 16.4 Å². The van der Waals surface area contributed by atoms with Gasteiger partial charge in [-0.05, 0) is 6.26 Å². The molecule has 0 bridgehead atoms. The second-order valence-electron chi connectivity index (χ2n) is 1.61. The van der Waals surface area contributed by atoms with E-state index in [1.54, 1.807) is 6.26 Å². The summed E-state index contributed by atoms with van der Waals surface area (Å²) in [7, 11) is 0. The molecule has 0 saturated carbocycles. The van der Waals surface area contributed by atoms with E-state index in [2.05, 4.69) is 9.97 Å². The first-order chi connectivity index (χ1) is 4.72. The summed E-state index contributed by atoms with van der Waals surface area (Å²) >= 11 is 1.27. The Morgan fingerprint density at radius 3 is 2.67 bits per heavy atom. The molecule has 0 aliphatic carbocycles. The monoisotopic (exact) mass is 206 g/mol. The molecular weight excluding hydrogens is 198 g/mol. The zero-order valence-corrected chi connectivity index (χ0v) is 12.1. The van der Waals surface area contributed by atoms with E-state index in [0.29, 0.717) is 5.16 Å². The number of H-pyrrole nitrogens is 1. The van der Waals surface area contributed by atoms with Crippen LogP contribution in [0.5, 0.6) is 5.88 Å². The number of aromatic nitrogens is 2. The van der Waals surface area contributed by atoms with Crippen molar-refractivity contribution in [1.29, 1.82) is 0 Å². The summed E-state index contributed by atoms with van der Waals surface area (Å²) in [5.74, 6) is -0.242. The summed E-state index contributed by atoms with van der Waals surface area (Å²) in [4.78, 5) is 16.7. The molecule has 12 heavy (non-hydrogen) atoms. The third-order valence-corrected chi connectivity index (χ3v) is 1.48. The average Bonchev–Trinajstić information content (AvgIpc) is 1.85. The number of aromatic amines is 1. The first kappa shape index (κ1) is 15.5. The standard InChI is InChI=1S/C5H6N2O2S.2Na.2H/c1-10-5-6-3(8)2-4(9)7-5;;;;/h2H,1H3,(H2,6,7,8,9);;;;/q;2*+1;2*-1. The van der Waals surface area contributed by atoms with Gasteiger partial charge >= 0.3 is 59.1 Å². The van der Waals surface area contributed by atoms with Gasteiger partial charge in [-0.2, -0.15) is 4.98 Å². The van der Waals surface area contributed by atoms with Crippen LogP contribution >= 0.6 is 11.8 Å². The molecule has 4 nitrogen and oxygen atoms in total. The molecule has 0 spiro atoms. The molecule has 0 fully saturated rings. The Bertz CT molecular complexity index is 299. The average molecular weight is 206 g/mol. The SMILES string of the molecule is CSc1nc(O)cc(=O)[nH]1.[H-].[H-].[Na+].[Na+]. The number of hydrogen-bond donors (Lipinski definition) is 2. The van der Waals surface area contributed by atoms with Crippen LogP contribution in [-0.2, 0) is 0 Å². The van der Waals surface area contributed by atoms with Gasteiger partial charge in [-0.3, -0.25) is 4.79 Å². The first-order valence-electron chi connectivity index (χ1n) is 2.56. The molecule has 0 unspecified atom stereocenters. The maximum absolute atomic E-state index is 10.6. The van der Waals surface area contributed by atoms with Crippen LogP contribution in [0, 0.1) is 0 Å². The van der Waals surface area contributed by atoms with Crippen LogP contribution in [0.3, 0.4) is 0 Å². The van der Waals surface area contributed by atoms with Crippen molar-refractivity contribution in [3.8, 4) is 5.88 Å². The minimum Gasteiger partial charge on any atom is -1.00 e. The van der Waals surface area contributed by atoms with Gasteiger partial charge in [-0.25, -0.2) is 0 Å². The van der Waals surface area contributed by atoms with Crippen LogP contribution in [0.25, 0.3) is 0 Å². The number of nitrogens with one attached hydrogen (secondary N) is 1. The molecule has 1 rings (SSSR count). The Morgan fingerprint density at radius 1 is 1.67 bits per heavy atom. The van der Waals surface area contributed by atoms with E-state index < -0.39 is 0 Å². The van der Waals surface area contributed by atoms with E-state index in [1.807, 2.05) is 0 Å². The fourth-order valence-corrected chi connectivity index (χ4v) is 0.907. The molecule has 7 heteroatoms. The van der Waals surface area contributed by atoms with Gasteiger partial charge in [0.25, 0.3) is 5.56 Å². The van der Waals surface area contributed by atoms with E-state index in [4.69, 9.17) is 5.11 Å². The van der Waals surface area contributed by atoms with Crippen LogP contribution < -0.4 is 64.7 Å². The number of aromatic hydroxyl groups is 1. The van der Waals surface area contributed by atoms with Crippen LogP contribution in [0.1, 0.15) is 2.85 Å². The number of rotatable bonds is 1. The van der Waals surface area contributed by atoms with E-state index in [1.165, 1.54) is 11.8 Å². The number of hydrogen-bond acceptors (Lipinski definition) is 4. The Morgan fingerprint density at radius 2 is 2.25 bits per heavy atom. The zero-order valence-electron chi connectivity index (χ0n) is 9.29. The summed E-state index contributed by atoms with van der Waals surface area (Å²) in [6.45, 7) is 0. The van der Waals surface area contributed by atoms with E-state index in [9.17, 15) is 4.79 Å². The van der Waals surface area contributed by atoms with Gasteiger partial charge in [0.15, 0.2) is 5.16 Å². The van der Waals surface area contributed by atoms with Crippen LogP contribution in [-0.4, -0.2) is 21.3 Å². The van der Waals surface area contributed by atoms with Gasteiger partial charge in [0.2, 0.25) is 5.88 Å². The fraction of sp³-hybridized carbons (Fsp3) is 0.200. The van der Waals surface area contributed by atoms with E-state index in [-0.39, 0.29) is 73.4 Å². The molecule has 0 aliphatic rings. The molecular formula is C5H8N2Na2O2S. The van der Waals surface area contributed by atoms with Crippen LogP contribution in [0.2, 0.25) is 0 Å². The fourth-order valence-electron chi connectivity index (χ4n) is 0.520. The molecule has 58 valence electrons. The normalized spacial score (nSPS) is 8.08. The Hall–Kier alpha value is 1.03. The summed E-state index contributed by atoms with van der Waals surface area (Å²) in [6, 6.07) is 1.03. The van der Waals surface area contributed by atoms with Crippen molar-refractivity contribution in [2.24, 2.45) is 0 Å². The Labute approximate surface area is 121 Å². The van der Waals surface area contributed by atoms with Gasteiger partial charge in [-0.15, -0.1) is 0 Å². The van der Waals surface area contributed by atoms with Crippen molar-refractivity contribution >= 4 is 11.8 Å². The van der Waals surface area contributed by atoms with Crippen molar-refractivity contribution in [2.75, 3.05) is 6.26 Å². The van der Waals surface area contributed by atoms with Gasteiger partial charge in [0.05, 0.1) is 6.07 Å². The van der Waals surface area contributed by atoms with Crippen molar-refractivity contribution in [1.82, 2.24) is 9.97 Å². The largest absolute Gasteiger partial charge is 1.00 e. The first-order valence-corrected chi connectivity index (χ1v) is 3.79. The van der Waals surface area contributed by atoms with Gasteiger partial charge < -0.3 is 12.9 Å². The van der Waals surface area contributed by atoms with Crippen molar-refractivity contribution < 1.29 is 67.1 Å². The number of nitrogens with zero attached hydrogens (tertiary/aromatic N) is 1. The topological polar surface area (TPSA) is 66.0 Å². The van der Waals surface area contributed by atoms with Gasteiger partial charge in [0.1, 0.15) is 0 Å². The molecule has 0 aromatic carbocycles. The minimum atomic E-state index is -0.336. The van der Waals surface area contributed by atoms with Gasteiger partial charge in [-0.1, -0.05) is 11.8 Å².